The lowest BCUT2D eigenvalue weighted by molar-refractivity contribution is -0.142. The van der Waals surface area contributed by atoms with Crippen molar-refractivity contribution in [3.8, 4) is 26.7 Å². The van der Waals surface area contributed by atoms with Crippen LogP contribution < -0.4 is 10.6 Å². The number of nitrogens with one attached hydrogen (secondary N) is 2. The maximum absolute atomic E-state index is 14.4. The highest BCUT2D eigenvalue weighted by molar-refractivity contribution is 7.15. The van der Waals surface area contributed by atoms with E-state index in [1.807, 2.05) is 114 Å². The van der Waals surface area contributed by atoms with E-state index in [4.69, 9.17) is 9.98 Å². The highest BCUT2D eigenvalue weighted by Gasteiger charge is 2.45. The van der Waals surface area contributed by atoms with Crippen molar-refractivity contribution >= 4 is 52.1 Å². The minimum Gasteiger partial charge on any atom is -0.481 e. The molecule has 2 aromatic carbocycles. The Morgan fingerprint density at radius 2 is 1.60 bits per heavy atom. The molecule has 2 aliphatic rings. The summed E-state index contributed by atoms with van der Waals surface area (Å²) in [4.78, 5) is 71.9. The molecule has 6 heterocycles. The Balaban J connectivity index is 0.991. The molecule has 0 radical (unpaired) electrons. The SMILES string of the molecule is Cc1ncsc1-c1ccc(C(C)NC(=O)[C@@H]2C[C@@H](O)CN2C(=O)C(NC(=O)c2cccc(-c3ccc(C4=N[C@@H](CC(=O)O)c5nnc(C)n5-c5sc(C)c(C)c54)cc3)n2)C(C)(C)C)cc1. The number of carbonyl (C=O) groups is 4. The number of aliphatic imine (C=N–C) groups is 1. The highest BCUT2D eigenvalue weighted by Crippen LogP contribution is 2.40. The fourth-order valence-electron chi connectivity index (χ4n) is 8.43. The molecule has 15 nitrogen and oxygen atoms in total. The monoisotopic (exact) mass is 913 g/mol. The van der Waals surface area contributed by atoms with Crippen molar-refractivity contribution in [2.45, 2.75) is 98.5 Å². The van der Waals surface area contributed by atoms with Crippen LogP contribution in [0.5, 0.6) is 0 Å². The predicted octanol–water partition coefficient (Wildman–Crippen LogP) is 7.10. The summed E-state index contributed by atoms with van der Waals surface area (Å²) in [6, 6.07) is 17.4. The molecule has 0 saturated carbocycles. The highest BCUT2D eigenvalue weighted by atomic mass is 32.1. The number of thiophene rings is 1. The minimum absolute atomic E-state index is 0.0547. The first-order chi connectivity index (χ1) is 30.9. The first-order valence-corrected chi connectivity index (χ1v) is 23.1. The summed E-state index contributed by atoms with van der Waals surface area (Å²) in [5.74, 6) is -1.32. The van der Waals surface area contributed by atoms with Crippen LogP contribution in [0.3, 0.4) is 0 Å². The summed E-state index contributed by atoms with van der Waals surface area (Å²) in [7, 11) is 0. The van der Waals surface area contributed by atoms with Crippen molar-refractivity contribution in [3.63, 3.8) is 0 Å². The summed E-state index contributed by atoms with van der Waals surface area (Å²) < 4.78 is 1.91. The Morgan fingerprint density at radius 1 is 0.908 bits per heavy atom. The number of fused-ring (bicyclic) bond motifs is 3. The molecule has 336 valence electrons. The van der Waals surface area contributed by atoms with Crippen LogP contribution in [-0.2, 0) is 14.4 Å². The fourth-order valence-corrected chi connectivity index (χ4v) is 10.5. The van der Waals surface area contributed by atoms with E-state index in [0.717, 1.165) is 53.8 Å². The Kier molecular flexibility index (Phi) is 12.4. The summed E-state index contributed by atoms with van der Waals surface area (Å²) in [5.41, 5.74) is 8.58. The molecule has 2 unspecified atom stereocenters. The average molecular weight is 914 g/mol. The Labute approximate surface area is 384 Å². The number of amides is 3. The van der Waals surface area contributed by atoms with Crippen molar-refractivity contribution < 1.29 is 29.4 Å². The van der Waals surface area contributed by atoms with E-state index in [1.54, 1.807) is 40.9 Å². The second kappa shape index (κ2) is 17.9. The normalized spacial score (nSPS) is 18.0. The molecule has 6 aromatic rings. The van der Waals surface area contributed by atoms with Crippen LogP contribution in [0.4, 0.5) is 0 Å². The van der Waals surface area contributed by atoms with Gasteiger partial charge in [0.15, 0.2) is 5.82 Å². The first kappa shape index (κ1) is 45.1. The summed E-state index contributed by atoms with van der Waals surface area (Å²) in [6.45, 7) is 15.2. The van der Waals surface area contributed by atoms with Crippen LogP contribution in [0.2, 0.25) is 0 Å². The van der Waals surface area contributed by atoms with Gasteiger partial charge in [0, 0.05) is 34.5 Å². The standard InChI is InChI=1S/C48H51N9O6S2/c1-24-27(4)65-47-39(24)40(52-36(21-38(59)60)43-55-54-28(5)57(43)47)31-16-14-30(15-17-31)34-10-9-11-35(51-34)44(61)53-42(48(6,7)8)46(63)56-22-33(58)20-37(56)45(62)50-25(2)29-12-18-32(19-13-29)41-26(3)49-23-64-41/h9-19,23,25,33,36-37,42,58H,20-22H2,1-8H3,(H,50,62)(H,53,61)(H,59,60)/t25?,33-,36+,37+,42?/m1/s1. The number of rotatable bonds is 11. The number of hydrogen-bond donors (Lipinski definition) is 4. The van der Waals surface area contributed by atoms with E-state index < -0.39 is 53.3 Å². The van der Waals surface area contributed by atoms with E-state index in [0.29, 0.717) is 23.1 Å². The molecule has 1 fully saturated rings. The molecular weight excluding hydrogens is 863 g/mol. The van der Waals surface area contributed by atoms with Crippen molar-refractivity contribution in [3.05, 3.63) is 122 Å². The maximum atomic E-state index is 14.4. The quantitative estimate of drug-likeness (QED) is 0.104. The molecule has 3 amide bonds. The van der Waals surface area contributed by atoms with Crippen LogP contribution in [-0.4, -0.2) is 94.0 Å². The van der Waals surface area contributed by atoms with E-state index in [9.17, 15) is 29.4 Å². The number of β-amino-alcohol motifs (C(OH)–C–C–N with tert-alkyl or cyclic N) is 1. The van der Waals surface area contributed by atoms with Crippen LogP contribution in [0.15, 0.2) is 77.2 Å². The van der Waals surface area contributed by atoms with Crippen LogP contribution in [0.1, 0.15) is 108 Å². The number of benzene rings is 2. The number of pyridine rings is 1. The maximum Gasteiger partial charge on any atom is 0.306 e. The van der Waals surface area contributed by atoms with Gasteiger partial charge in [0.05, 0.1) is 46.1 Å². The number of aliphatic hydroxyl groups is 1. The van der Waals surface area contributed by atoms with Gasteiger partial charge in [-0.1, -0.05) is 75.4 Å². The largest absolute Gasteiger partial charge is 0.481 e. The zero-order valence-corrected chi connectivity index (χ0v) is 39.0. The molecule has 1 saturated heterocycles. The van der Waals surface area contributed by atoms with Crippen molar-refractivity contribution in [2.24, 2.45) is 10.4 Å². The van der Waals surface area contributed by atoms with Gasteiger partial charge in [-0.05, 0) is 68.9 Å². The molecule has 2 aliphatic heterocycles. The lowest BCUT2D eigenvalue weighted by Crippen LogP contribution is -2.58. The Bertz CT molecular complexity index is 2840. The zero-order chi connectivity index (χ0) is 46.5. The fraction of sp³-hybridized carbons (Fsp3) is 0.354. The number of likely N-dealkylation sites (tertiary alicyclic amines) is 1. The first-order valence-electron chi connectivity index (χ1n) is 21.4. The number of carbonyl (C=O) groups excluding carboxylic acids is 3. The number of carboxylic acid groups (broad SMARTS) is 1. The summed E-state index contributed by atoms with van der Waals surface area (Å²) in [5, 5.41) is 36.1. The van der Waals surface area contributed by atoms with Crippen molar-refractivity contribution in [2.75, 3.05) is 6.54 Å². The van der Waals surface area contributed by atoms with Gasteiger partial charge < -0.3 is 25.7 Å². The van der Waals surface area contributed by atoms with Gasteiger partial charge in [-0.3, -0.25) is 28.7 Å². The van der Waals surface area contributed by atoms with Gasteiger partial charge in [-0.15, -0.1) is 32.9 Å². The molecule has 4 aromatic heterocycles. The topological polar surface area (TPSA) is 205 Å². The van der Waals surface area contributed by atoms with Crippen LogP contribution in [0, 0.1) is 33.1 Å². The number of aliphatic hydroxyl groups excluding tert-OH is 1. The second-order valence-electron chi connectivity index (χ2n) is 17.8. The number of aromatic nitrogens is 5. The molecule has 8 rings (SSSR count). The molecule has 0 aliphatic carbocycles. The van der Waals surface area contributed by atoms with Gasteiger partial charge in [-0.2, -0.15) is 0 Å². The molecule has 0 bridgehead atoms. The molecular formula is C48H51N9O6S2. The number of nitrogens with zero attached hydrogens (tertiary/aromatic N) is 7. The molecule has 17 heteroatoms. The Morgan fingerprint density at radius 3 is 2.26 bits per heavy atom. The van der Waals surface area contributed by atoms with Crippen LogP contribution >= 0.6 is 22.7 Å². The van der Waals surface area contributed by atoms with Crippen LogP contribution in [0.25, 0.3) is 26.7 Å². The average Bonchev–Trinajstić information content (AvgIpc) is 4.04. The minimum atomic E-state index is -1.06. The zero-order valence-electron chi connectivity index (χ0n) is 37.4. The third kappa shape index (κ3) is 9.00. The number of aliphatic carboxylic acids is 1. The molecule has 65 heavy (non-hydrogen) atoms. The molecule has 5 atom stereocenters. The number of thiazole rings is 1. The number of carboxylic acids is 1. The molecule has 4 N–H and O–H groups in total. The lowest BCUT2D eigenvalue weighted by Gasteiger charge is -2.35. The van der Waals surface area contributed by atoms with Gasteiger partial charge in [-0.25, -0.2) is 9.97 Å². The van der Waals surface area contributed by atoms with Gasteiger partial charge >= 0.3 is 5.97 Å². The Hall–Kier alpha value is -6.43. The lowest BCUT2D eigenvalue weighted by atomic mass is 9.85. The van der Waals surface area contributed by atoms with Gasteiger partial charge in [0.25, 0.3) is 5.91 Å². The van der Waals surface area contributed by atoms with Crippen molar-refractivity contribution in [1.82, 2.24) is 40.3 Å². The van der Waals surface area contributed by atoms with E-state index in [2.05, 4.69) is 25.8 Å². The number of aryl methyl sites for hydroxylation is 3. The van der Waals surface area contributed by atoms with E-state index >= 15 is 0 Å². The van der Waals surface area contributed by atoms with Gasteiger partial charge in [0.2, 0.25) is 11.8 Å². The van der Waals surface area contributed by atoms with E-state index in [1.165, 1.54) is 4.90 Å². The predicted molar refractivity (Wildman–Crippen MR) is 249 cm³/mol. The smallest absolute Gasteiger partial charge is 0.306 e. The summed E-state index contributed by atoms with van der Waals surface area (Å²) >= 11 is 3.15. The summed E-state index contributed by atoms with van der Waals surface area (Å²) in [6.07, 6.45) is -1.11. The van der Waals surface area contributed by atoms with Gasteiger partial charge in [0.1, 0.15) is 34.6 Å². The molecule has 0 spiro atoms. The van der Waals surface area contributed by atoms with E-state index in [-0.39, 0.29) is 31.1 Å². The van der Waals surface area contributed by atoms with Crippen molar-refractivity contribution in [1.29, 1.82) is 0 Å². The number of hydrogen-bond acceptors (Lipinski definition) is 12. The third-order valence-electron chi connectivity index (χ3n) is 12.1. The second-order valence-corrected chi connectivity index (χ2v) is 19.8. The third-order valence-corrected chi connectivity index (χ3v) is 14.2.